The summed E-state index contributed by atoms with van der Waals surface area (Å²) in [6, 6.07) is 3.41. The second-order valence-electron chi connectivity index (χ2n) is 5.43. The number of rotatable bonds is 6. The molecule has 2 N–H and O–H groups in total. The zero-order valence-corrected chi connectivity index (χ0v) is 12.4. The van der Waals surface area contributed by atoms with Crippen molar-refractivity contribution in [3.8, 4) is 11.5 Å². The van der Waals surface area contributed by atoms with E-state index in [2.05, 4.69) is 12.2 Å². The van der Waals surface area contributed by atoms with Crippen LogP contribution in [0, 0.1) is 5.41 Å². The minimum atomic E-state index is 0.179. The summed E-state index contributed by atoms with van der Waals surface area (Å²) in [4.78, 5) is 0. The Balaban J connectivity index is 1.97. The Morgan fingerprint density at radius 2 is 2.16 bits per heavy atom. The molecule has 0 saturated heterocycles. The molecule has 19 heavy (non-hydrogen) atoms. The third-order valence-electron chi connectivity index (χ3n) is 4.32. The van der Waals surface area contributed by atoms with Gasteiger partial charge in [-0.3, -0.25) is 0 Å². The zero-order valence-electron chi connectivity index (χ0n) is 11.6. The minimum absolute atomic E-state index is 0.179. The number of phenols is 1. The third-order valence-corrected chi connectivity index (χ3v) is 4.54. The van der Waals surface area contributed by atoms with E-state index in [1.54, 1.807) is 12.1 Å². The van der Waals surface area contributed by atoms with Gasteiger partial charge in [0.05, 0.1) is 7.11 Å². The van der Waals surface area contributed by atoms with E-state index >= 15 is 0 Å². The van der Waals surface area contributed by atoms with Crippen LogP contribution in [0.5, 0.6) is 11.5 Å². The van der Waals surface area contributed by atoms with Gasteiger partial charge in [0.1, 0.15) is 0 Å². The number of aromatic hydroxyl groups is 1. The number of benzene rings is 1. The van der Waals surface area contributed by atoms with Crippen molar-refractivity contribution in [3.05, 3.63) is 22.7 Å². The summed E-state index contributed by atoms with van der Waals surface area (Å²) < 4.78 is 5.11. The van der Waals surface area contributed by atoms with Gasteiger partial charge in [-0.1, -0.05) is 24.9 Å². The molecule has 1 aromatic rings. The molecular formula is C15H22ClNO2. The van der Waals surface area contributed by atoms with Gasteiger partial charge >= 0.3 is 0 Å². The van der Waals surface area contributed by atoms with Crippen LogP contribution in [0.15, 0.2) is 12.1 Å². The fourth-order valence-electron chi connectivity index (χ4n) is 2.71. The number of halogens is 1. The van der Waals surface area contributed by atoms with Crippen molar-refractivity contribution < 1.29 is 9.84 Å². The van der Waals surface area contributed by atoms with E-state index in [0.29, 0.717) is 22.7 Å². The molecule has 0 aliphatic heterocycles. The fraction of sp³-hybridized carbons (Fsp3) is 0.600. The second kappa shape index (κ2) is 6.02. The first-order chi connectivity index (χ1) is 9.10. The molecule has 1 saturated carbocycles. The van der Waals surface area contributed by atoms with Crippen LogP contribution in [0.4, 0.5) is 0 Å². The molecule has 3 nitrogen and oxygen atoms in total. The highest BCUT2D eigenvalue weighted by Gasteiger charge is 2.34. The molecule has 1 fully saturated rings. The van der Waals surface area contributed by atoms with Crippen molar-refractivity contribution in [2.75, 3.05) is 13.7 Å². The molecule has 1 aliphatic carbocycles. The monoisotopic (exact) mass is 283 g/mol. The van der Waals surface area contributed by atoms with E-state index < -0.39 is 0 Å². The summed E-state index contributed by atoms with van der Waals surface area (Å²) >= 11 is 6.02. The van der Waals surface area contributed by atoms with Crippen molar-refractivity contribution in [3.63, 3.8) is 0 Å². The summed E-state index contributed by atoms with van der Waals surface area (Å²) in [5.74, 6) is 0.608. The van der Waals surface area contributed by atoms with Gasteiger partial charge in [-0.2, -0.15) is 0 Å². The number of phenolic OH excluding ortho intramolecular Hbond substituents is 1. The standard InChI is InChI=1S/C15H22ClNO2/c1-3-15(5-4-6-15)10-17-9-11-7-12(16)8-13(19-2)14(11)18/h7-8,17-18H,3-6,9-10H2,1-2H3. The van der Waals surface area contributed by atoms with Crippen LogP contribution in [-0.2, 0) is 6.54 Å². The number of hydrogen-bond acceptors (Lipinski definition) is 3. The maximum absolute atomic E-state index is 10.0. The van der Waals surface area contributed by atoms with Gasteiger partial charge in [-0.05, 0) is 30.7 Å². The van der Waals surface area contributed by atoms with Gasteiger partial charge in [0, 0.05) is 29.7 Å². The maximum atomic E-state index is 10.0. The van der Waals surface area contributed by atoms with Crippen LogP contribution in [-0.4, -0.2) is 18.8 Å². The molecule has 106 valence electrons. The number of methoxy groups -OCH3 is 1. The zero-order chi connectivity index (χ0) is 13.9. The molecule has 1 aromatic carbocycles. The van der Waals surface area contributed by atoms with Gasteiger partial charge in [-0.25, -0.2) is 0 Å². The Bertz CT molecular complexity index is 439. The van der Waals surface area contributed by atoms with E-state index in [0.717, 1.165) is 12.1 Å². The molecule has 1 aliphatic rings. The first-order valence-corrected chi connectivity index (χ1v) is 7.24. The van der Waals surface area contributed by atoms with Crippen molar-refractivity contribution in [2.24, 2.45) is 5.41 Å². The normalized spacial score (nSPS) is 17.0. The SMILES string of the molecule is CCC1(CNCc2cc(Cl)cc(OC)c2O)CCC1. The van der Waals surface area contributed by atoms with Crippen molar-refractivity contribution >= 4 is 11.6 Å². The highest BCUT2D eigenvalue weighted by molar-refractivity contribution is 6.30. The first kappa shape index (κ1) is 14.5. The van der Waals surface area contributed by atoms with Gasteiger partial charge in [-0.15, -0.1) is 0 Å². The van der Waals surface area contributed by atoms with Crippen LogP contribution in [0.3, 0.4) is 0 Å². The van der Waals surface area contributed by atoms with Crippen LogP contribution < -0.4 is 10.1 Å². The molecule has 0 amide bonds. The topological polar surface area (TPSA) is 41.5 Å². The Labute approximate surface area is 119 Å². The van der Waals surface area contributed by atoms with Crippen molar-refractivity contribution in [1.82, 2.24) is 5.32 Å². The second-order valence-corrected chi connectivity index (χ2v) is 5.86. The Morgan fingerprint density at radius 3 is 2.68 bits per heavy atom. The van der Waals surface area contributed by atoms with Crippen molar-refractivity contribution in [1.29, 1.82) is 0 Å². The Kier molecular flexibility index (Phi) is 4.58. The lowest BCUT2D eigenvalue weighted by atomic mass is 9.67. The lowest BCUT2D eigenvalue weighted by molar-refractivity contribution is 0.123. The summed E-state index contributed by atoms with van der Waals surface area (Å²) in [6.07, 6.45) is 5.17. The quantitative estimate of drug-likeness (QED) is 0.836. The molecule has 0 heterocycles. The molecule has 2 rings (SSSR count). The smallest absolute Gasteiger partial charge is 0.162 e. The Morgan fingerprint density at radius 1 is 1.42 bits per heavy atom. The molecular weight excluding hydrogens is 262 g/mol. The molecule has 0 aromatic heterocycles. The van der Waals surface area contributed by atoms with Gasteiger partial charge in [0.2, 0.25) is 0 Å². The van der Waals surface area contributed by atoms with Crippen LogP contribution in [0.1, 0.15) is 38.2 Å². The molecule has 0 radical (unpaired) electrons. The average molecular weight is 284 g/mol. The van der Waals surface area contributed by atoms with Gasteiger partial charge < -0.3 is 15.2 Å². The summed E-state index contributed by atoms with van der Waals surface area (Å²) in [5.41, 5.74) is 1.26. The predicted molar refractivity (Wildman–Crippen MR) is 78.0 cm³/mol. The summed E-state index contributed by atoms with van der Waals surface area (Å²) in [6.45, 7) is 3.86. The number of ether oxygens (including phenoxy) is 1. The van der Waals surface area contributed by atoms with E-state index in [1.165, 1.54) is 32.8 Å². The highest BCUT2D eigenvalue weighted by Crippen LogP contribution is 2.43. The first-order valence-electron chi connectivity index (χ1n) is 6.86. The molecule has 0 atom stereocenters. The Hall–Kier alpha value is -0.930. The fourth-order valence-corrected chi connectivity index (χ4v) is 2.94. The molecule has 0 bridgehead atoms. The van der Waals surface area contributed by atoms with Gasteiger partial charge in [0.15, 0.2) is 11.5 Å². The van der Waals surface area contributed by atoms with Crippen LogP contribution in [0.2, 0.25) is 5.02 Å². The lowest BCUT2D eigenvalue weighted by Crippen LogP contribution is -2.39. The van der Waals surface area contributed by atoms with Gasteiger partial charge in [0.25, 0.3) is 0 Å². The van der Waals surface area contributed by atoms with E-state index in [4.69, 9.17) is 16.3 Å². The minimum Gasteiger partial charge on any atom is -0.504 e. The summed E-state index contributed by atoms with van der Waals surface area (Å²) in [7, 11) is 1.53. The predicted octanol–water partition coefficient (Wildman–Crippen LogP) is 3.72. The maximum Gasteiger partial charge on any atom is 0.162 e. The molecule has 4 heteroatoms. The molecule has 0 spiro atoms. The summed E-state index contributed by atoms with van der Waals surface area (Å²) in [5, 5.41) is 14.1. The lowest BCUT2D eigenvalue weighted by Gasteiger charge is -2.41. The number of nitrogens with one attached hydrogen (secondary N) is 1. The van der Waals surface area contributed by atoms with Crippen LogP contribution in [0.25, 0.3) is 0 Å². The van der Waals surface area contributed by atoms with Crippen molar-refractivity contribution in [2.45, 2.75) is 39.2 Å². The highest BCUT2D eigenvalue weighted by atomic mass is 35.5. The average Bonchev–Trinajstić information content (AvgIpc) is 2.36. The molecule has 0 unspecified atom stereocenters. The van der Waals surface area contributed by atoms with E-state index in [9.17, 15) is 5.11 Å². The van der Waals surface area contributed by atoms with E-state index in [1.807, 2.05) is 0 Å². The third kappa shape index (κ3) is 3.15. The van der Waals surface area contributed by atoms with E-state index in [-0.39, 0.29) is 5.75 Å². The largest absolute Gasteiger partial charge is 0.504 e. The number of hydrogen-bond donors (Lipinski definition) is 2. The van der Waals surface area contributed by atoms with Crippen LogP contribution >= 0.6 is 11.6 Å².